The number of nitrogens with one attached hydrogen (secondary N) is 2. The maximum atomic E-state index is 12.9. The highest BCUT2D eigenvalue weighted by molar-refractivity contribution is 8.01. The minimum absolute atomic E-state index is 0.0212. The average molecular weight is 383 g/mol. The van der Waals surface area contributed by atoms with Crippen LogP contribution in [0.25, 0.3) is 0 Å². The van der Waals surface area contributed by atoms with Gasteiger partial charge in [0.2, 0.25) is 11.8 Å². The quantitative estimate of drug-likeness (QED) is 0.734. The van der Waals surface area contributed by atoms with E-state index in [4.69, 9.17) is 0 Å². The molecular weight excluding hydrogens is 356 g/mol. The summed E-state index contributed by atoms with van der Waals surface area (Å²) in [6.45, 7) is 0.605. The maximum absolute atomic E-state index is 12.9. The number of amides is 2. The number of carbonyl (C=O) groups is 2. The highest BCUT2D eigenvalue weighted by atomic mass is 32.2. The molecule has 27 heavy (non-hydrogen) atoms. The normalized spacial score (nSPS) is 15.3. The van der Waals surface area contributed by atoms with Crippen LogP contribution in [-0.4, -0.2) is 29.7 Å². The fourth-order valence-corrected chi connectivity index (χ4v) is 4.81. The van der Waals surface area contributed by atoms with E-state index in [0.29, 0.717) is 6.54 Å². The van der Waals surface area contributed by atoms with E-state index in [1.54, 1.807) is 11.8 Å². The Morgan fingerprint density at radius 3 is 2.19 bits per heavy atom. The summed E-state index contributed by atoms with van der Waals surface area (Å²) in [5, 5.41) is 5.74. The first-order valence-corrected chi connectivity index (χ1v) is 10.3. The van der Waals surface area contributed by atoms with Gasteiger partial charge in [0.05, 0.1) is 11.3 Å². The van der Waals surface area contributed by atoms with Crippen LogP contribution in [0.4, 0.5) is 0 Å². The molecule has 1 aliphatic carbocycles. The summed E-state index contributed by atoms with van der Waals surface area (Å²) in [6, 6.07) is 20.1. The third-order valence-corrected chi connectivity index (χ3v) is 6.36. The molecule has 2 aromatic carbocycles. The zero-order chi connectivity index (χ0) is 19.0. The van der Waals surface area contributed by atoms with Crippen LogP contribution in [0.5, 0.6) is 0 Å². The van der Waals surface area contributed by atoms with Gasteiger partial charge in [-0.15, -0.1) is 11.8 Å². The van der Waals surface area contributed by atoms with Crippen LogP contribution < -0.4 is 10.6 Å². The highest BCUT2D eigenvalue weighted by Gasteiger charge is 2.42. The molecule has 0 atom stereocenters. The fraction of sp³-hybridized carbons (Fsp3) is 0.364. The summed E-state index contributed by atoms with van der Waals surface area (Å²) in [4.78, 5) is 26.0. The molecule has 1 fully saturated rings. The fourth-order valence-electron chi connectivity index (χ4n) is 3.41. The Morgan fingerprint density at radius 2 is 1.52 bits per heavy atom. The third-order valence-electron chi connectivity index (χ3n) is 4.87. The van der Waals surface area contributed by atoms with Gasteiger partial charge < -0.3 is 10.6 Å². The Bertz CT molecular complexity index is 743. The van der Waals surface area contributed by atoms with E-state index in [9.17, 15) is 9.59 Å². The van der Waals surface area contributed by atoms with Crippen molar-refractivity contribution in [2.24, 2.45) is 0 Å². The highest BCUT2D eigenvalue weighted by Crippen LogP contribution is 2.45. The summed E-state index contributed by atoms with van der Waals surface area (Å²) in [5.41, 5.74) is 1.19. The van der Waals surface area contributed by atoms with E-state index in [2.05, 4.69) is 10.6 Å². The SMILES string of the molecule is O=C(CNC(=O)C1(Sc2ccccc2)CCCC1)NCCc1ccccc1. The summed E-state index contributed by atoms with van der Waals surface area (Å²) in [5.74, 6) is -0.163. The molecule has 2 amide bonds. The topological polar surface area (TPSA) is 58.2 Å². The smallest absolute Gasteiger partial charge is 0.239 e. The molecule has 0 bridgehead atoms. The van der Waals surface area contributed by atoms with Gasteiger partial charge in [-0.1, -0.05) is 61.4 Å². The molecule has 0 aliphatic heterocycles. The number of thioether (sulfide) groups is 1. The molecule has 142 valence electrons. The number of carbonyl (C=O) groups excluding carboxylic acids is 2. The van der Waals surface area contributed by atoms with Crippen LogP contribution in [0.2, 0.25) is 0 Å². The first kappa shape index (κ1) is 19.5. The molecule has 0 spiro atoms. The van der Waals surface area contributed by atoms with Crippen LogP contribution in [-0.2, 0) is 16.0 Å². The minimum atomic E-state index is -0.453. The van der Waals surface area contributed by atoms with Gasteiger partial charge in [0.25, 0.3) is 0 Å². The lowest BCUT2D eigenvalue weighted by Crippen LogP contribution is -2.46. The van der Waals surface area contributed by atoms with E-state index in [0.717, 1.165) is 37.0 Å². The van der Waals surface area contributed by atoms with Crippen molar-refractivity contribution in [2.75, 3.05) is 13.1 Å². The van der Waals surface area contributed by atoms with Crippen molar-refractivity contribution < 1.29 is 9.59 Å². The van der Waals surface area contributed by atoms with E-state index in [1.807, 2.05) is 60.7 Å². The molecule has 1 saturated carbocycles. The van der Waals surface area contributed by atoms with E-state index in [1.165, 1.54) is 5.56 Å². The van der Waals surface area contributed by atoms with Gasteiger partial charge in [-0.25, -0.2) is 0 Å². The molecular formula is C22H26N2O2S. The van der Waals surface area contributed by atoms with Crippen LogP contribution >= 0.6 is 11.8 Å². The Balaban J connectivity index is 1.47. The number of hydrogen-bond donors (Lipinski definition) is 2. The molecule has 0 saturated heterocycles. The molecule has 0 unspecified atom stereocenters. The monoisotopic (exact) mass is 382 g/mol. The van der Waals surface area contributed by atoms with Gasteiger partial charge >= 0.3 is 0 Å². The second-order valence-electron chi connectivity index (χ2n) is 6.88. The predicted octanol–water partition coefficient (Wildman–Crippen LogP) is 3.57. The minimum Gasteiger partial charge on any atom is -0.354 e. The van der Waals surface area contributed by atoms with Gasteiger partial charge in [-0.3, -0.25) is 9.59 Å². The van der Waals surface area contributed by atoms with Crippen LogP contribution in [0.1, 0.15) is 31.2 Å². The van der Waals surface area contributed by atoms with Gasteiger partial charge in [-0.05, 0) is 37.0 Å². The first-order valence-electron chi connectivity index (χ1n) is 9.51. The zero-order valence-electron chi connectivity index (χ0n) is 15.4. The Kier molecular flexibility index (Phi) is 6.93. The molecule has 2 N–H and O–H groups in total. The first-order chi connectivity index (χ1) is 13.2. The maximum Gasteiger partial charge on any atom is 0.239 e. The van der Waals surface area contributed by atoms with Crippen molar-refractivity contribution in [3.8, 4) is 0 Å². The van der Waals surface area contributed by atoms with E-state index < -0.39 is 4.75 Å². The second-order valence-corrected chi connectivity index (χ2v) is 8.34. The summed E-state index contributed by atoms with van der Waals surface area (Å²) >= 11 is 1.63. The van der Waals surface area contributed by atoms with Gasteiger partial charge in [0.1, 0.15) is 0 Å². The van der Waals surface area contributed by atoms with Crippen molar-refractivity contribution >= 4 is 23.6 Å². The predicted molar refractivity (Wildman–Crippen MR) is 110 cm³/mol. The van der Waals surface area contributed by atoms with Crippen molar-refractivity contribution in [1.29, 1.82) is 0 Å². The lowest BCUT2D eigenvalue weighted by atomic mass is 10.1. The van der Waals surface area contributed by atoms with Gasteiger partial charge in [0, 0.05) is 11.4 Å². The number of rotatable bonds is 8. The molecule has 4 nitrogen and oxygen atoms in total. The standard InChI is InChI=1S/C22H26N2O2S/c25-20(23-16-13-18-9-3-1-4-10-18)17-24-21(26)22(14-7-8-15-22)27-19-11-5-2-6-12-19/h1-6,9-12H,7-8,13-17H2,(H,23,25)(H,24,26). The largest absolute Gasteiger partial charge is 0.354 e. The number of hydrogen-bond acceptors (Lipinski definition) is 3. The average Bonchev–Trinajstić information content (AvgIpc) is 3.17. The van der Waals surface area contributed by atoms with Crippen LogP contribution in [0.3, 0.4) is 0 Å². The molecule has 2 aromatic rings. The van der Waals surface area contributed by atoms with Crippen molar-refractivity contribution in [3.63, 3.8) is 0 Å². The number of benzene rings is 2. The Morgan fingerprint density at radius 1 is 0.889 bits per heavy atom. The molecule has 0 aromatic heterocycles. The van der Waals surface area contributed by atoms with Crippen molar-refractivity contribution in [1.82, 2.24) is 10.6 Å². The summed E-state index contributed by atoms with van der Waals surface area (Å²) in [7, 11) is 0. The molecule has 5 heteroatoms. The summed E-state index contributed by atoms with van der Waals surface area (Å²) in [6.07, 6.45) is 4.60. The van der Waals surface area contributed by atoms with Gasteiger partial charge in [-0.2, -0.15) is 0 Å². The Hall–Kier alpha value is -2.27. The Labute approximate surface area is 165 Å². The van der Waals surface area contributed by atoms with E-state index >= 15 is 0 Å². The van der Waals surface area contributed by atoms with E-state index in [-0.39, 0.29) is 18.4 Å². The third kappa shape index (κ3) is 5.60. The van der Waals surface area contributed by atoms with Gasteiger partial charge in [0.15, 0.2) is 0 Å². The molecule has 1 aliphatic rings. The second kappa shape index (κ2) is 9.60. The molecule has 3 rings (SSSR count). The molecule has 0 heterocycles. The molecule has 0 radical (unpaired) electrons. The zero-order valence-corrected chi connectivity index (χ0v) is 16.3. The lowest BCUT2D eigenvalue weighted by molar-refractivity contribution is -0.127. The van der Waals surface area contributed by atoms with Crippen LogP contribution in [0, 0.1) is 0 Å². The van der Waals surface area contributed by atoms with Crippen molar-refractivity contribution in [3.05, 3.63) is 66.2 Å². The summed E-state index contributed by atoms with van der Waals surface area (Å²) < 4.78 is -0.453. The van der Waals surface area contributed by atoms with Crippen LogP contribution in [0.15, 0.2) is 65.6 Å². The van der Waals surface area contributed by atoms with Crippen molar-refractivity contribution in [2.45, 2.75) is 41.7 Å². The lowest BCUT2D eigenvalue weighted by Gasteiger charge is -2.27.